The second-order valence-corrected chi connectivity index (χ2v) is 2.10. The molecule has 0 heterocycles. The first-order valence-corrected chi connectivity index (χ1v) is 3.91. The molecule has 3 heteroatoms. The van der Waals surface area contributed by atoms with Crippen LogP contribution in [0.4, 0.5) is 5.69 Å². The molecule has 1 rings (SSSR count). The number of non-ortho nitro benzene ring substituents is 1. The van der Waals surface area contributed by atoms with Gasteiger partial charge in [0.1, 0.15) is 0 Å². The number of rotatable bonds is 1. The minimum absolute atomic E-state index is 0.153. The lowest BCUT2D eigenvalue weighted by Gasteiger charge is -1.90. The smallest absolute Gasteiger partial charge is 0.258 e. The van der Waals surface area contributed by atoms with Crippen molar-refractivity contribution in [3.8, 4) is 0 Å². The van der Waals surface area contributed by atoms with Crippen molar-refractivity contribution in [2.24, 2.45) is 0 Å². The first-order chi connectivity index (χ1) is 5.70. The third-order valence-electron chi connectivity index (χ3n) is 1.21. The van der Waals surface area contributed by atoms with Crippen molar-refractivity contribution in [3.63, 3.8) is 0 Å². The molecule has 0 atom stereocenters. The Bertz CT molecular complexity index is 258. The minimum atomic E-state index is -0.396. The third-order valence-corrected chi connectivity index (χ3v) is 1.21. The van der Waals surface area contributed by atoms with Crippen LogP contribution in [-0.2, 0) is 0 Å². The fourth-order valence-corrected chi connectivity index (χ4v) is 0.742. The van der Waals surface area contributed by atoms with Gasteiger partial charge in [-0.25, -0.2) is 0 Å². The second-order valence-electron chi connectivity index (χ2n) is 2.10. The average Bonchev–Trinajstić information content (AvgIpc) is 2.08. The van der Waals surface area contributed by atoms with Crippen molar-refractivity contribution >= 4 is 5.69 Å². The van der Waals surface area contributed by atoms with E-state index < -0.39 is 4.92 Å². The van der Waals surface area contributed by atoms with Crippen molar-refractivity contribution < 1.29 is 4.92 Å². The fourth-order valence-electron chi connectivity index (χ4n) is 0.742. The van der Waals surface area contributed by atoms with E-state index in [0.717, 1.165) is 5.56 Å². The maximum Gasteiger partial charge on any atom is 0.269 e. The molecular weight excluding hydrogens is 154 g/mol. The van der Waals surface area contributed by atoms with Gasteiger partial charge in [0.2, 0.25) is 0 Å². The predicted octanol–water partition coefficient (Wildman–Crippen LogP) is 2.93. The molecule has 0 bridgehead atoms. The van der Waals surface area contributed by atoms with Gasteiger partial charge >= 0.3 is 0 Å². The van der Waals surface area contributed by atoms with E-state index in [-0.39, 0.29) is 5.69 Å². The van der Waals surface area contributed by atoms with Crippen molar-refractivity contribution in [2.75, 3.05) is 0 Å². The first-order valence-electron chi connectivity index (χ1n) is 3.91. The molecule has 12 heavy (non-hydrogen) atoms. The normalized spacial score (nSPS) is 8.25. The van der Waals surface area contributed by atoms with Gasteiger partial charge in [-0.15, -0.1) is 0 Å². The Morgan fingerprint density at radius 1 is 1.33 bits per heavy atom. The lowest BCUT2D eigenvalue weighted by molar-refractivity contribution is -0.384. The molecule has 0 radical (unpaired) electrons. The zero-order valence-electron chi connectivity index (χ0n) is 7.57. The van der Waals surface area contributed by atoms with Crippen LogP contribution in [0.5, 0.6) is 0 Å². The fraction of sp³-hybridized carbons (Fsp3) is 0.333. The molecule has 3 nitrogen and oxygen atoms in total. The monoisotopic (exact) mass is 167 g/mol. The van der Waals surface area contributed by atoms with Crippen LogP contribution >= 0.6 is 0 Å². The molecular formula is C9H13NO2. The van der Waals surface area contributed by atoms with E-state index in [9.17, 15) is 10.1 Å². The topological polar surface area (TPSA) is 43.1 Å². The van der Waals surface area contributed by atoms with Crippen molar-refractivity contribution in [1.82, 2.24) is 0 Å². The zero-order chi connectivity index (χ0) is 9.56. The van der Waals surface area contributed by atoms with Gasteiger partial charge in [-0.2, -0.15) is 0 Å². The lowest BCUT2D eigenvalue weighted by atomic mass is 10.2. The number of nitro benzene ring substituents is 1. The Balaban J connectivity index is 0.000000561. The van der Waals surface area contributed by atoms with E-state index in [1.54, 1.807) is 12.1 Å². The third kappa shape index (κ3) is 3.14. The Morgan fingerprint density at radius 3 is 2.25 bits per heavy atom. The average molecular weight is 167 g/mol. The van der Waals surface area contributed by atoms with Gasteiger partial charge in [0.05, 0.1) is 4.92 Å². The van der Waals surface area contributed by atoms with E-state index in [4.69, 9.17) is 0 Å². The van der Waals surface area contributed by atoms with Crippen molar-refractivity contribution in [2.45, 2.75) is 20.8 Å². The standard InChI is InChI=1S/C7H7NO2.C2H6/c1-6-3-2-4-7(5-6)8(9)10;1-2/h2-5H,1H3;1-2H3. The maximum atomic E-state index is 10.2. The largest absolute Gasteiger partial charge is 0.269 e. The number of nitro groups is 1. The van der Waals surface area contributed by atoms with Gasteiger partial charge in [-0.05, 0) is 12.5 Å². The Hall–Kier alpha value is -1.38. The number of nitrogens with zero attached hydrogens (tertiary/aromatic N) is 1. The summed E-state index contributed by atoms with van der Waals surface area (Å²) >= 11 is 0. The number of hydrogen-bond donors (Lipinski definition) is 0. The van der Waals surface area contributed by atoms with Gasteiger partial charge in [0.15, 0.2) is 0 Å². The first kappa shape index (κ1) is 10.6. The summed E-state index contributed by atoms with van der Waals surface area (Å²) in [5.41, 5.74) is 1.06. The van der Waals surface area contributed by atoms with E-state index in [1.165, 1.54) is 6.07 Å². The molecule has 1 aromatic rings. The SMILES string of the molecule is CC.Cc1cccc([N+](=O)[O-])c1. The van der Waals surface area contributed by atoms with Gasteiger partial charge in [0.25, 0.3) is 5.69 Å². The molecule has 1 aromatic carbocycles. The van der Waals surface area contributed by atoms with Crippen LogP contribution < -0.4 is 0 Å². The molecule has 0 fully saturated rings. The Labute approximate surface area is 72.2 Å². The van der Waals surface area contributed by atoms with Crippen LogP contribution in [0.2, 0.25) is 0 Å². The summed E-state index contributed by atoms with van der Waals surface area (Å²) in [7, 11) is 0. The maximum absolute atomic E-state index is 10.2. The van der Waals surface area contributed by atoms with Crippen LogP contribution in [-0.4, -0.2) is 4.92 Å². The highest BCUT2D eigenvalue weighted by Crippen LogP contribution is 2.11. The van der Waals surface area contributed by atoms with Gasteiger partial charge in [-0.1, -0.05) is 26.0 Å². The highest BCUT2D eigenvalue weighted by molar-refractivity contribution is 5.33. The van der Waals surface area contributed by atoms with Crippen molar-refractivity contribution in [1.29, 1.82) is 0 Å². The van der Waals surface area contributed by atoms with Gasteiger partial charge in [-0.3, -0.25) is 10.1 Å². The number of benzene rings is 1. The lowest BCUT2D eigenvalue weighted by Crippen LogP contribution is -1.86. The minimum Gasteiger partial charge on any atom is -0.258 e. The van der Waals surface area contributed by atoms with Crippen LogP contribution in [0.15, 0.2) is 24.3 Å². The van der Waals surface area contributed by atoms with Gasteiger partial charge < -0.3 is 0 Å². The molecule has 0 aromatic heterocycles. The molecule has 0 amide bonds. The zero-order valence-corrected chi connectivity index (χ0v) is 7.57. The van der Waals surface area contributed by atoms with Crippen LogP contribution in [0.25, 0.3) is 0 Å². The molecule has 0 saturated heterocycles. The summed E-state index contributed by atoms with van der Waals surface area (Å²) in [6.45, 7) is 5.83. The Morgan fingerprint density at radius 2 is 1.92 bits per heavy atom. The number of hydrogen-bond acceptors (Lipinski definition) is 2. The summed E-state index contributed by atoms with van der Waals surface area (Å²) in [6.07, 6.45) is 0. The van der Waals surface area contributed by atoms with Crippen molar-refractivity contribution in [3.05, 3.63) is 39.9 Å². The quantitative estimate of drug-likeness (QED) is 0.476. The van der Waals surface area contributed by atoms with Crippen LogP contribution in [0.1, 0.15) is 19.4 Å². The van der Waals surface area contributed by atoms with Crippen LogP contribution in [0, 0.1) is 17.0 Å². The summed E-state index contributed by atoms with van der Waals surface area (Å²) in [6, 6.07) is 6.52. The molecule has 0 N–H and O–H groups in total. The summed E-state index contributed by atoms with van der Waals surface area (Å²) in [5, 5.41) is 10.2. The van der Waals surface area contributed by atoms with E-state index >= 15 is 0 Å². The second kappa shape index (κ2) is 5.29. The highest BCUT2D eigenvalue weighted by atomic mass is 16.6. The van der Waals surface area contributed by atoms with Gasteiger partial charge in [0, 0.05) is 12.1 Å². The number of aryl methyl sites for hydroxylation is 1. The Kier molecular flexibility index (Phi) is 4.69. The molecule has 66 valence electrons. The summed E-state index contributed by atoms with van der Waals surface area (Å²) < 4.78 is 0. The molecule has 0 aliphatic heterocycles. The molecule has 0 saturated carbocycles. The summed E-state index contributed by atoms with van der Waals surface area (Å²) in [5.74, 6) is 0. The molecule has 0 aliphatic rings. The van der Waals surface area contributed by atoms with E-state index in [1.807, 2.05) is 26.8 Å². The van der Waals surface area contributed by atoms with E-state index in [2.05, 4.69) is 0 Å². The van der Waals surface area contributed by atoms with Crippen LogP contribution in [0.3, 0.4) is 0 Å². The molecule has 0 spiro atoms. The molecule has 0 aliphatic carbocycles. The summed E-state index contributed by atoms with van der Waals surface area (Å²) in [4.78, 5) is 9.76. The highest BCUT2D eigenvalue weighted by Gasteiger charge is 2.01. The molecule has 0 unspecified atom stereocenters. The predicted molar refractivity (Wildman–Crippen MR) is 49.2 cm³/mol. The van der Waals surface area contributed by atoms with E-state index in [0.29, 0.717) is 0 Å².